The van der Waals surface area contributed by atoms with Gasteiger partial charge in [0.05, 0.1) is 18.6 Å². The van der Waals surface area contributed by atoms with E-state index in [1.54, 1.807) is 7.11 Å². The van der Waals surface area contributed by atoms with Gasteiger partial charge in [0.1, 0.15) is 0 Å². The number of rotatable bonds is 3. The van der Waals surface area contributed by atoms with Crippen molar-refractivity contribution in [3.63, 3.8) is 0 Å². The third-order valence-electron chi connectivity index (χ3n) is 3.92. The van der Waals surface area contributed by atoms with Crippen LogP contribution in [0.5, 0.6) is 0 Å². The molecule has 0 bridgehead atoms. The number of ether oxygens (including phenoxy) is 1. The number of hydrogen-bond donors (Lipinski definition) is 1. The van der Waals surface area contributed by atoms with E-state index in [4.69, 9.17) is 4.74 Å². The van der Waals surface area contributed by atoms with E-state index in [-0.39, 0.29) is 5.92 Å². The molecule has 2 atom stereocenters. The fourth-order valence-electron chi connectivity index (χ4n) is 2.95. The van der Waals surface area contributed by atoms with Crippen LogP contribution in [0.2, 0.25) is 0 Å². The van der Waals surface area contributed by atoms with Crippen molar-refractivity contribution in [2.45, 2.75) is 38.1 Å². The van der Waals surface area contributed by atoms with E-state index in [1.165, 1.54) is 6.42 Å². The SMILES string of the molecule is COC[C@@H]1CCCCN1C(=O)[C@H]1CCCNC1. The fourth-order valence-corrected chi connectivity index (χ4v) is 2.95. The van der Waals surface area contributed by atoms with Gasteiger partial charge in [0, 0.05) is 20.2 Å². The van der Waals surface area contributed by atoms with Crippen LogP contribution in [-0.4, -0.2) is 50.2 Å². The summed E-state index contributed by atoms with van der Waals surface area (Å²) in [6.07, 6.45) is 5.63. The third-order valence-corrected chi connectivity index (χ3v) is 3.92. The molecule has 0 aromatic rings. The molecule has 0 radical (unpaired) electrons. The molecule has 0 aliphatic carbocycles. The summed E-state index contributed by atoms with van der Waals surface area (Å²) in [6, 6.07) is 0.308. The molecule has 1 N–H and O–H groups in total. The van der Waals surface area contributed by atoms with Crippen LogP contribution in [0.4, 0.5) is 0 Å². The lowest BCUT2D eigenvalue weighted by Crippen LogP contribution is -2.50. The van der Waals surface area contributed by atoms with Crippen LogP contribution in [-0.2, 0) is 9.53 Å². The Morgan fingerprint density at radius 3 is 2.94 bits per heavy atom. The lowest BCUT2D eigenvalue weighted by molar-refractivity contribution is -0.141. The molecule has 2 heterocycles. The van der Waals surface area contributed by atoms with Crippen molar-refractivity contribution in [1.82, 2.24) is 10.2 Å². The number of amides is 1. The molecule has 0 aromatic carbocycles. The Hall–Kier alpha value is -0.610. The summed E-state index contributed by atoms with van der Waals surface area (Å²) < 4.78 is 5.24. The summed E-state index contributed by atoms with van der Waals surface area (Å²) in [5.74, 6) is 0.542. The van der Waals surface area contributed by atoms with Gasteiger partial charge in [-0.2, -0.15) is 0 Å². The lowest BCUT2D eigenvalue weighted by Gasteiger charge is -2.38. The maximum atomic E-state index is 12.5. The fraction of sp³-hybridized carbons (Fsp3) is 0.923. The Balaban J connectivity index is 1.94. The van der Waals surface area contributed by atoms with E-state index in [0.29, 0.717) is 18.6 Å². The molecule has 1 amide bonds. The number of nitrogens with zero attached hydrogens (tertiary/aromatic N) is 1. The van der Waals surface area contributed by atoms with E-state index in [2.05, 4.69) is 10.2 Å². The number of hydrogen-bond acceptors (Lipinski definition) is 3. The molecule has 0 aromatic heterocycles. The molecular weight excluding hydrogens is 216 g/mol. The van der Waals surface area contributed by atoms with Gasteiger partial charge in [-0.25, -0.2) is 0 Å². The molecule has 2 aliphatic rings. The Morgan fingerprint density at radius 1 is 1.35 bits per heavy atom. The number of nitrogens with one attached hydrogen (secondary N) is 1. The van der Waals surface area contributed by atoms with Crippen LogP contribution in [0.15, 0.2) is 0 Å². The van der Waals surface area contributed by atoms with E-state index in [9.17, 15) is 4.79 Å². The minimum Gasteiger partial charge on any atom is -0.383 e. The second kappa shape index (κ2) is 6.36. The molecule has 0 unspecified atom stereocenters. The first-order valence-corrected chi connectivity index (χ1v) is 6.83. The first-order valence-electron chi connectivity index (χ1n) is 6.83. The number of piperidine rings is 2. The Kier molecular flexibility index (Phi) is 4.80. The number of methoxy groups -OCH3 is 1. The van der Waals surface area contributed by atoms with Crippen LogP contribution >= 0.6 is 0 Å². The number of likely N-dealkylation sites (tertiary alicyclic amines) is 1. The van der Waals surface area contributed by atoms with Gasteiger partial charge < -0.3 is 15.0 Å². The highest BCUT2D eigenvalue weighted by atomic mass is 16.5. The zero-order valence-corrected chi connectivity index (χ0v) is 10.8. The number of carbonyl (C=O) groups is 1. The highest BCUT2D eigenvalue weighted by Crippen LogP contribution is 2.22. The largest absolute Gasteiger partial charge is 0.383 e. The highest BCUT2D eigenvalue weighted by Gasteiger charge is 2.31. The topological polar surface area (TPSA) is 41.6 Å². The van der Waals surface area contributed by atoms with Crippen LogP contribution < -0.4 is 5.32 Å². The Bertz CT molecular complexity index is 250. The van der Waals surface area contributed by atoms with Gasteiger partial charge in [-0.3, -0.25) is 4.79 Å². The van der Waals surface area contributed by atoms with Crippen LogP contribution in [0, 0.1) is 5.92 Å². The van der Waals surface area contributed by atoms with Gasteiger partial charge >= 0.3 is 0 Å². The van der Waals surface area contributed by atoms with E-state index < -0.39 is 0 Å². The predicted octanol–water partition coefficient (Wildman–Crippen LogP) is 1.01. The average Bonchev–Trinajstić information content (AvgIpc) is 2.40. The molecule has 2 rings (SSSR count). The van der Waals surface area contributed by atoms with E-state index >= 15 is 0 Å². The monoisotopic (exact) mass is 240 g/mol. The second-order valence-corrected chi connectivity index (χ2v) is 5.18. The summed E-state index contributed by atoms with van der Waals surface area (Å²) in [5.41, 5.74) is 0. The quantitative estimate of drug-likeness (QED) is 0.800. The zero-order valence-electron chi connectivity index (χ0n) is 10.8. The summed E-state index contributed by atoms with van der Waals surface area (Å²) in [5, 5.41) is 3.32. The standard InChI is InChI=1S/C13H24N2O2/c1-17-10-12-6-2-3-8-15(12)13(16)11-5-4-7-14-9-11/h11-12,14H,2-10H2,1H3/t11-,12-/m0/s1. The predicted molar refractivity (Wildman–Crippen MR) is 66.8 cm³/mol. The van der Waals surface area contributed by atoms with E-state index in [0.717, 1.165) is 45.3 Å². The Labute approximate surface area is 104 Å². The molecule has 2 aliphatic heterocycles. The van der Waals surface area contributed by atoms with Gasteiger partial charge in [-0.15, -0.1) is 0 Å². The normalized spacial score (nSPS) is 30.3. The molecule has 4 nitrogen and oxygen atoms in total. The number of carbonyl (C=O) groups excluding carboxylic acids is 1. The molecule has 4 heteroatoms. The molecule has 98 valence electrons. The zero-order chi connectivity index (χ0) is 12.1. The summed E-state index contributed by atoms with van der Waals surface area (Å²) in [6.45, 7) is 3.52. The van der Waals surface area contributed by atoms with Crippen molar-refractivity contribution in [1.29, 1.82) is 0 Å². The minimum atomic E-state index is 0.196. The first kappa shape index (κ1) is 12.8. The third kappa shape index (κ3) is 3.19. The maximum Gasteiger partial charge on any atom is 0.227 e. The molecule has 0 spiro atoms. The smallest absolute Gasteiger partial charge is 0.227 e. The van der Waals surface area contributed by atoms with Crippen molar-refractivity contribution in [3.8, 4) is 0 Å². The summed E-state index contributed by atoms with van der Waals surface area (Å²) >= 11 is 0. The molecule has 17 heavy (non-hydrogen) atoms. The van der Waals surface area contributed by atoms with Gasteiger partial charge in [0.2, 0.25) is 5.91 Å². The van der Waals surface area contributed by atoms with E-state index in [1.807, 2.05) is 0 Å². The lowest BCUT2D eigenvalue weighted by atomic mass is 9.94. The van der Waals surface area contributed by atoms with Gasteiger partial charge in [-0.05, 0) is 38.6 Å². The first-order chi connectivity index (χ1) is 8.33. The Morgan fingerprint density at radius 2 is 2.24 bits per heavy atom. The second-order valence-electron chi connectivity index (χ2n) is 5.18. The maximum absolute atomic E-state index is 12.5. The molecule has 2 fully saturated rings. The summed E-state index contributed by atoms with van der Waals surface area (Å²) in [7, 11) is 1.72. The molecular formula is C13H24N2O2. The van der Waals surface area contributed by atoms with Crippen LogP contribution in [0.1, 0.15) is 32.1 Å². The van der Waals surface area contributed by atoms with Crippen molar-refractivity contribution in [2.75, 3.05) is 33.4 Å². The van der Waals surface area contributed by atoms with Crippen LogP contribution in [0.3, 0.4) is 0 Å². The van der Waals surface area contributed by atoms with Crippen LogP contribution in [0.25, 0.3) is 0 Å². The minimum absolute atomic E-state index is 0.196. The van der Waals surface area contributed by atoms with Crippen molar-refractivity contribution >= 4 is 5.91 Å². The highest BCUT2D eigenvalue weighted by molar-refractivity contribution is 5.79. The van der Waals surface area contributed by atoms with Gasteiger partial charge in [0.15, 0.2) is 0 Å². The van der Waals surface area contributed by atoms with Gasteiger partial charge in [0.25, 0.3) is 0 Å². The van der Waals surface area contributed by atoms with Crippen molar-refractivity contribution in [3.05, 3.63) is 0 Å². The molecule has 2 saturated heterocycles. The van der Waals surface area contributed by atoms with Crippen molar-refractivity contribution < 1.29 is 9.53 Å². The molecule has 0 saturated carbocycles. The summed E-state index contributed by atoms with van der Waals surface area (Å²) in [4.78, 5) is 14.5. The van der Waals surface area contributed by atoms with Crippen molar-refractivity contribution in [2.24, 2.45) is 5.92 Å². The van der Waals surface area contributed by atoms with Gasteiger partial charge in [-0.1, -0.05) is 0 Å². The average molecular weight is 240 g/mol.